The van der Waals surface area contributed by atoms with E-state index in [1.807, 2.05) is 7.05 Å². The molecular formula is C11H14BrClN2O2S. The number of halogens is 2. The molecule has 1 aromatic rings. The van der Waals surface area contributed by atoms with Crippen LogP contribution < -0.4 is 4.72 Å². The molecule has 0 radical (unpaired) electrons. The van der Waals surface area contributed by atoms with Crippen molar-refractivity contribution in [2.75, 3.05) is 20.1 Å². The Labute approximate surface area is 120 Å². The van der Waals surface area contributed by atoms with Gasteiger partial charge in [0.2, 0.25) is 10.0 Å². The molecule has 18 heavy (non-hydrogen) atoms. The minimum absolute atomic E-state index is 0.0190. The number of sulfonamides is 1. The molecule has 1 aromatic carbocycles. The topological polar surface area (TPSA) is 49.4 Å². The smallest absolute Gasteiger partial charge is 0.240 e. The molecule has 1 atom stereocenters. The van der Waals surface area contributed by atoms with Gasteiger partial charge in [0.15, 0.2) is 0 Å². The highest BCUT2D eigenvalue weighted by Gasteiger charge is 2.25. The van der Waals surface area contributed by atoms with E-state index in [1.165, 1.54) is 12.1 Å². The van der Waals surface area contributed by atoms with Crippen molar-refractivity contribution in [2.24, 2.45) is 0 Å². The van der Waals surface area contributed by atoms with Crippen molar-refractivity contribution >= 4 is 37.6 Å². The Morgan fingerprint density at radius 2 is 2.22 bits per heavy atom. The van der Waals surface area contributed by atoms with E-state index in [4.69, 9.17) is 11.6 Å². The molecule has 1 unspecified atom stereocenters. The molecule has 1 saturated heterocycles. The molecule has 1 heterocycles. The van der Waals surface area contributed by atoms with Gasteiger partial charge in [-0.25, -0.2) is 13.1 Å². The van der Waals surface area contributed by atoms with E-state index >= 15 is 0 Å². The van der Waals surface area contributed by atoms with Crippen LogP contribution in [-0.2, 0) is 10.0 Å². The highest BCUT2D eigenvalue weighted by atomic mass is 79.9. The number of nitrogens with one attached hydrogen (secondary N) is 1. The zero-order chi connectivity index (χ0) is 13.3. The molecule has 4 nitrogen and oxygen atoms in total. The molecule has 0 spiro atoms. The van der Waals surface area contributed by atoms with Crippen molar-refractivity contribution in [3.05, 3.63) is 27.7 Å². The van der Waals surface area contributed by atoms with E-state index in [0.717, 1.165) is 19.5 Å². The fourth-order valence-electron chi connectivity index (χ4n) is 1.96. The summed E-state index contributed by atoms with van der Waals surface area (Å²) in [5.74, 6) is 0. The van der Waals surface area contributed by atoms with Gasteiger partial charge in [-0.3, -0.25) is 0 Å². The van der Waals surface area contributed by atoms with Crippen molar-refractivity contribution in [3.63, 3.8) is 0 Å². The van der Waals surface area contributed by atoms with Crippen molar-refractivity contribution < 1.29 is 8.42 Å². The van der Waals surface area contributed by atoms with Gasteiger partial charge in [-0.05, 0) is 54.1 Å². The summed E-state index contributed by atoms with van der Waals surface area (Å²) >= 11 is 9.08. The van der Waals surface area contributed by atoms with E-state index in [1.54, 1.807) is 6.07 Å². The van der Waals surface area contributed by atoms with E-state index < -0.39 is 10.0 Å². The lowest BCUT2D eigenvalue weighted by Crippen LogP contribution is -2.36. The van der Waals surface area contributed by atoms with Crippen LogP contribution in [0.4, 0.5) is 0 Å². The number of nitrogens with zero attached hydrogens (tertiary/aromatic N) is 1. The van der Waals surface area contributed by atoms with Crippen molar-refractivity contribution in [1.29, 1.82) is 0 Å². The second kappa shape index (κ2) is 5.46. The van der Waals surface area contributed by atoms with Crippen LogP contribution in [0, 0.1) is 0 Å². The SMILES string of the molecule is CN1CCC(NS(=O)(=O)c2ccc(Cl)c(Br)c2)C1. The van der Waals surface area contributed by atoms with E-state index in [0.29, 0.717) is 9.50 Å². The third-order valence-electron chi connectivity index (χ3n) is 2.91. The molecule has 0 aliphatic carbocycles. The maximum Gasteiger partial charge on any atom is 0.240 e. The Hall–Kier alpha value is -0.140. The number of rotatable bonds is 3. The van der Waals surface area contributed by atoms with Crippen LogP contribution >= 0.6 is 27.5 Å². The zero-order valence-corrected chi connectivity index (χ0v) is 13.0. The summed E-state index contributed by atoms with van der Waals surface area (Å²) in [6.45, 7) is 1.66. The fraction of sp³-hybridized carbons (Fsp3) is 0.455. The van der Waals surface area contributed by atoms with E-state index in [2.05, 4.69) is 25.6 Å². The Balaban J connectivity index is 2.17. The number of hydrogen-bond acceptors (Lipinski definition) is 3. The van der Waals surface area contributed by atoms with E-state index in [-0.39, 0.29) is 10.9 Å². The second-order valence-electron chi connectivity index (χ2n) is 4.45. The van der Waals surface area contributed by atoms with Gasteiger partial charge >= 0.3 is 0 Å². The lowest BCUT2D eigenvalue weighted by atomic mass is 10.3. The average molecular weight is 354 g/mol. The van der Waals surface area contributed by atoms with Gasteiger partial charge in [-0.1, -0.05) is 11.6 Å². The van der Waals surface area contributed by atoms with Gasteiger partial charge in [-0.2, -0.15) is 0 Å². The van der Waals surface area contributed by atoms with Crippen LogP contribution in [0.15, 0.2) is 27.6 Å². The van der Waals surface area contributed by atoms with Crippen LogP contribution in [0.1, 0.15) is 6.42 Å². The highest BCUT2D eigenvalue weighted by molar-refractivity contribution is 9.10. The zero-order valence-electron chi connectivity index (χ0n) is 9.86. The predicted octanol–water partition coefficient (Wildman–Crippen LogP) is 2.08. The number of likely N-dealkylation sites (tertiary alicyclic amines) is 1. The van der Waals surface area contributed by atoms with E-state index in [9.17, 15) is 8.42 Å². The summed E-state index contributed by atoms with van der Waals surface area (Å²) < 4.78 is 27.6. The molecule has 2 rings (SSSR count). The Morgan fingerprint density at radius 3 is 2.78 bits per heavy atom. The summed E-state index contributed by atoms with van der Waals surface area (Å²) in [6, 6.07) is 4.58. The van der Waals surface area contributed by atoms with Gasteiger partial charge in [0.25, 0.3) is 0 Å². The maximum absolute atomic E-state index is 12.2. The second-order valence-corrected chi connectivity index (χ2v) is 7.42. The summed E-state index contributed by atoms with van der Waals surface area (Å²) in [7, 11) is -1.49. The predicted molar refractivity (Wildman–Crippen MR) is 75.4 cm³/mol. The van der Waals surface area contributed by atoms with Crippen LogP contribution in [0.25, 0.3) is 0 Å². The van der Waals surface area contributed by atoms with Gasteiger partial charge in [0, 0.05) is 17.1 Å². The first-order chi connectivity index (χ1) is 8.38. The molecule has 100 valence electrons. The molecule has 0 amide bonds. The fourth-order valence-corrected chi connectivity index (χ4v) is 3.90. The molecule has 1 fully saturated rings. The Bertz CT molecular complexity index is 550. The van der Waals surface area contributed by atoms with Gasteiger partial charge in [-0.15, -0.1) is 0 Å². The van der Waals surface area contributed by atoms with Crippen LogP contribution in [-0.4, -0.2) is 39.5 Å². The molecular weight excluding hydrogens is 340 g/mol. The summed E-state index contributed by atoms with van der Waals surface area (Å²) in [6.07, 6.45) is 0.838. The van der Waals surface area contributed by atoms with Gasteiger partial charge in [0.1, 0.15) is 0 Å². The molecule has 1 aliphatic rings. The van der Waals surface area contributed by atoms with Crippen LogP contribution in [0.2, 0.25) is 5.02 Å². The molecule has 0 saturated carbocycles. The highest BCUT2D eigenvalue weighted by Crippen LogP contribution is 2.25. The standard InChI is InChI=1S/C11H14BrClN2O2S/c1-15-5-4-8(7-15)14-18(16,17)9-2-3-11(13)10(12)6-9/h2-3,6,8,14H,4-5,7H2,1H3. The van der Waals surface area contributed by atoms with Gasteiger partial charge < -0.3 is 4.90 Å². The average Bonchev–Trinajstić information content (AvgIpc) is 2.67. The molecule has 1 aliphatic heterocycles. The Kier molecular flexibility index (Phi) is 4.33. The first-order valence-electron chi connectivity index (χ1n) is 5.54. The largest absolute Gasteiger partial charge is 0.305 e. The lowest BCUT2D eigenvalue weighted by molar-refractivity contribution is 0.407. The first kappa shape index (κ1) is 14.3. The summed E-state index contributed by atoms with van der Waals surface area (Å²) in [4.78, 5) is 2.33. The minimum atomic E-state index is -3.47. The Morgan fingerprint density at radius 1 is 1.50 bits per heavy atom. The van der Waals surface area contributed by atoms with Gasteiger partial charge in [0.05, 0.1) is 9.92 Å². The van der Waals surface area contributed by atoms with Crippen molar-refractivity contribution in [2.45, 2.75) is 17.4 Å². The quantitative estimate of drug-likeness (QED) is 0.905. The molecule has 0 aromatic heterocycles. The lowest BCUT2D eigenvalue weighted by Gasteiger charge is -2.13. The third kappa shape index (κ3) is 3.24. The minimum Gasteiger partial charge on any atom is -0.305 e. The number of likely N-dealkylation sites (N-methyl/N-ethyl adjacent to an activating group) is 1. The van der Waals surface area contributed by atoms with Crippen LogP contribution in [0.5, 0.6) is 0 Å². The molecule has 0 bridgehead atoms. The normalized spacial score (nSPS) is 21.4. The van der Waals surface area contributed by atoms with Crippen molar-refractivity contribution in [1.82, 2.24) is 9.62 Å². The maximum atomic E-state index is 12.2. The van der Waals surface area contributed by atoms with Crippen LogP contribution in [0.3, 0.4) is 0 Å². The summed E-state index contributed by atoms with van der Waals surface area (Å²) in [5.41, 5.74) is 0. The third-order valence-corrected chi connectivity index (χ3v) is 5.65. The molecule has 1 N–H and O–H groups in total. The number of hydrogen-bond donors (Lipinski definition) is 1. The first-order valence-corrected chi connectivity index (χ1v) is 8.20. The monoisotopic (exact) mass is 352 g/mol. The molecule has 7 heteroatoms. The summed E-state index contributed by atoms with van der Waals surface area (Å²) in [5, 5.41) is 0.495. The number of benzene rings is 1. The van der Waals surface area contributed by atoms with Crippen molar-refractivity contribution in [3.8, 4) is 0 Å².